The fraction of sp³-hybridized carbons (Fsp3) is 0.267. The van der Waals surface area contributed by atoms with Crippen LogP contribution in [-0.4, -0.2) is 28.2 Å². The number of carbonyl (C=O) groups excluding carboxylic acids is 1. The van der Waals surface area contributed by atoms with Gasteiger partial charge in [0.2, 0.25) is 0 Å². The average molecular weight is 342 g/mol. The van der Waals surface area contributed by atoms with Crippen LogP contribution in [-0.2, 0) is 11.0 Å². The van der Waals surface area contributed by atoms with E-state index in [1.165, 1.54) is 13.8 Å². The van der Waals surface area contributed by atoms with E-state index in [0.29, 0.717) is 0 Å². The van der Waals surface area contributed by atoms with Crippen LogP contribution in [0.15, 0.2) is 28.8 Å². The molecule has 0 radical (unpaired) electrons. The molecule has 1 heterocycles. The van der Waals surface area contributed by atoms with Gasteiger partial charge >= 0.3 is 12.1 Å². The summed E-state index contributed by atoms with van der Waals surface area (Å²) in [7, 11) is 0. The van der Waals surface area contributed by atoms with Crippen LogP contribution in [0.3, 0.4) is 0 Å². The van der Waals surface area contributed by atoms with Crippen LogP contribution in [0.2, 0.25) is 0 Å². The quantitative estimate of drug-likeness (QED) is 0.891. The van der Waals surface area contributed by atoms with Crippen molar-refractivity contribution < 1.29 is 32.4 Å². The number of hydrogen-bond donors (Lipinski definition) is 2. The Labute approximate surface area is 134 Å². The molecule has 0 fully saturated rings. The summed E-state index contributed by atoms with van der Waals surface area (Å²) in [5.74, 6) is -1.84. The molecule has 0 saturated heterocycles. The first-order valence-electron chi connectivity index (χ1n) is 6.79. The van der Waals surface area contributed by atoms with Gasteiger partial charge in [-0.05, 0) is 26.0 Å². The molecule has 0 aliphatic carbocycles. The Morgan fingerprint density at radius 2 is 1.83 bits per heavy atom. The predicted molar refractivity (Wildman–Crippen MR) is 76.2 cm³/mol. The first kappa shape index (κ1) is 17.5. The molecule has 9 heteroatoms. The fourth-order valence-electron chi connectivity index (χ4n) is 1.98. The van der Waals surface area contributed by atoms with Crippen molar-refractivity contribution in [2.75, 3.05) is 0 Å². The molecule has 6 nitrogen and oxygen atoms in total. The summed E-state index contributed by atoms with van der Waals surface area (Å²) in [5, 5.41) is 14.8. The van der Waals surface area contributed by atoms with Crippen LogP contribution in [0.25, 0.3) is 11.3 Å². The maximum absolute atomic E-state index is 12.6. The summed E-state index contributed by atoms with van der Waals surface area (Å²) in [4.78, 5) is 23.0. The van der Waals surface area contributed by atoms with Crippen LogP contribution >= 0.6 is 0 Å². The maximum atomic E-state index is 12.6. The first-order valence-corrected chi connectivity index (χ1v) is 6.79. The van der Waals surface area contributed by atoms with Gasteiger partial charge in [0.15, 0.2) is 0 Å². The van der Waals surface area contributed by atoms with Gasteiger partial charge in [-0.25, -0.2) is 0 Å². The lowest BCUT2D eigenvalue weighted by Crippen LogP contribution is -2.38. The Hall–Kier alpha value is -2.84. The van der Waals surface area contributed by atoms with Gasteiger partial charge in [0.1, 0.15) is 23.1 Å². The second-order valence-electron chi connectivity index (χ2n) is 5.07. The van der Waals surface area contributed by atoms with E-state index in [2.05, 4.69) is 10.5 Å². The van der Waals surface area contributed by atoms with Crippen molar-refractivity contribution in [1.29, 1.82) is 0 Å². The van der Waals surface area contributed by atoms with Crippen molar-refractivity contribution >= 4 is 11.9 Å². The molecule has 0 spiro atoms. The lowest BCUT2D eigenvalue weighted by Gasteiger charge is -2.10. The number of halogens is 3. The highest BCUT2D eigenvalue weighted by molar-refractivity contribution is 6.02. The summed E-state index contributed by atoms with van der Waals surface area (Å²) in [6.45, 7) is 2.72. The van der Waals surface area contributed by atoms with Crippen LogP contribution in [0, 0.1) is 6.92 Å². The average Bonchev–Trinajstić information content (AvgIpc) is 2.88. The van der Waals surface area contributed by atoms with Gasteiger partial charge in [-0.3, -0.25) is 9.59 Å². The monoisotopic (exact) mass is 342 g/mol. The minimum Gasteiger partial charge on any atom is -0.480 e. The zero-order valence-electron chi connectivity index (χ0n) is 12.6. The number of carboxylic acids is 1. The van der Waals surface area contributed by atoms with Crippen molar-refractivity contribution in [3.05, 3.63) is 41.2 Å². The van der Waals surface area contributed by atoms with E-state index in [9.17, 15) is 22.8 Å². The fourth-order valence-corrected chi connectivity index (χ4v) is 1.98. The molecule has 24 heavy (non-hydrogen) atoms. The van der Waals surface area contributed by atoms with Crippen molar-refractivity contribution in [3.63, 3.8) is 0 Å². The number of nitrogens with one attached hydrogen (secondary N) is 1. The molecule has 0 aliphatic heterocycles. The summed E-state index contributed by atoms with van der Waals surface area (Å²) in [6, 6.07) is 2.91. The van der Waals surface area contributed by atoms with E-state index in [-0.39, 0.29) is 22.6 Å². The third-order valence-corrected chi connectivity index (χ3v) is 3.29. The number of amides is 1. The number of aryl methyl sites for hydroxylation is 1. The summed E-state index contributed by atoms with van der Waals surface area (Å²) in [6.07, 6.45) is -4.48. The number of rotatable bonds is 4. The van der Waals surface area contributed by atoms with Crippen molar-refractivity contribution in [3.8, 4) is 11.3 Å². The smallest absolute Gasteiger partial charge is 0.416 e. The molecule has 0 bridgehead atoms. The van der Waals surface area contributed by atoms with Crippen LogP contribution in [0.4, 0.5) is 13.2 Å². The molecule has 1 aromatic heterocycles. The van der Waals surface area contributed by atoms with E-state index < -0.39 is 29.7 Å². The van der Waals surface area contributed by atoms with Crippen molar-refractivity contribution in [1.82, 2.24) is 10.5 Å². The van der Waals surface area contributed by atoms with Crippen LogP contribution < -0.4 is 5.32 Å². The third-order valence-electron chi connectivity index (χ3n) is 3.29. The highest BCUT2D eigenvalue weighted by Gasteiger charge is 2.30. The van der Waals surface area contributed by atoms with Crippen LogP contribution in [0.1, 0.15) is 28.6 Å². The highest BCUT2D eigenvalue weighted by atomic mass is 19.4. The maximum Gasteiger partial charge on any atom is 0.416 e. The number of hydrogen-bond acceptors (Lipinski definition) is 4. The predicted octanol–water partition coefficient (Wildman–Crippen LogP) is 2.87. The summed E-state index contributed by atoms with van der Waals surface area (Å²) >= 11 is 0. The lowest BCUT2D eigenvalue weighted by molar-refractivity contribution is -0.139. The zero-order chi connectivity index (χ0) is 18.1. The highest BCUT2D eigenvalue weighted by Crippen LogP contribution is 2.32. The van der Waals surface area contributed by atoms with Gasteiger partial charge in [-0.15, -0.1) is 0 Å². The number of aliphatic carboxylic acids is 1. The standard InChI is InChI=1S/C15H13F3N2O4/c1-7(14(22)23)19-13(21)11-8(2)24-20-12(11)9-3-5-10(6-4-9)15(16,17)18/h3-7H,1-2H3,(H,19,21)(H,22,23)/t7-/m0/s1. The van der Waals surface area contributed by atoms with Gasteiger partial charge < -0.3 is 14.9 Å². The zero-order valence-corrected chi connectivity index (χ0v) is 12.6. The molecular weight excluding hydrogens is 329 g/mol. The SMILES string of the molecule is Cc1onc(-c2ccc(C(F)(F)F)cc2)c1C(=O)N[C@@H](C)C(=O)O. The number of alkyl halides is 3. The molecule has 1 aromatic carbocycles. The normalized spacial score (nSPS) is 12.7. The van der Waals surface area contributed by atoms with E-state index in [4.69, 9.17) is 9.63 Å². The number of nitrogens with zero attached hydrogens (tertiary/aromatic N) is 1. The largest absolute Gasteiger partial charge is 0.480 e. The Morgan fingerprint density at radius 3 is 2.33 bits per heavy atom. The molecule has 0 aliphatic rings. The minimum absolute atomic E-state index is 0.0251. The Bertz CT molecular complexity index is 766. The van der Waals surface area contributed by atoms with E-state index in [0.717, 1.165) is 24.3 Å². The molecule has 0 unspecified atom stereocenters. The van der Waals surface area contributed by atoms with Crippen molar-refractivity contribution in [2.24, 2.45) is 0 Å². The molecule has 2 rings (SSSR count). The number of aromatic nitrogens is 1. The molecule has 0 saturated carbocycles. The van der Waals surface area contributed by atoms with Gasteiger partial charge in [0.25, 0.3) is 5.91 Å². The van der Waals surface area contributed by atoms with E-state index >= 15 is 0 Å². The number of carboxylic acid groups (broad SMARTS) is 1. The summed E-state index contributed by atoms with van der Waals surface area (Å²) in [5.41, 5.74) is -0.580. The van der Waals surface area contributed by atoms with Gasteiger partial charge in [0.05, 0.1) is 5.56 Å². The molecule has 1 amide bonds. The second kappa shape index (κ2) is 6.34. The second-order valence-corrected chi connectivity index (χ2v) is 5.07. The first-order chi connectivity index (χ1) is 11.1. The topological polar surface area (TPSA) is 92.4 Å². The molecule has 2 aromatic rings. The van der Waals surface area contributed by atoms with Crippen molar-refractivity contribution in [2.45, 2.75) is 26.1 Å². The van der Waals surface area contributed by atoms with Gasteiger partial charge in [0, 0.05) is 5.56 Å². The van der Waals surface area contributed by atoms with Gasteiger partial charge in [-0.2, -0.15) is 13.2 Å². The molecular formula is C15H13F3N2O4. The van der Waals surface area contributed by atoms with E-state index in [1.54, 1.807) is 0 Å². The van der Waals surface area contributed by atoms with Crippen LogP contribution in [0.5, 0.6) is 0 Å². The molecule has 2 N–H and O–H groups in total. The third kappa shape index (κ3) is 3.55. The number of carbonyl (C=O) groups is 2. The Balaban J connectivity index is 2.36. The Morgan fingerprint density at radius 1 is 1.25 bits per heavy atom. The minimum atomic E-state index is -4.48. The van der Waals surface area contributed by atoms with Gasteiger partial charge in [-0.1, -0.05) is 17.3 Å². The Kier molecular flexibility index (Phi) is 4.63. The molecule has 1 atom stereocenters. The lowest BCUT2D eigenvalue weighted by atomic mass is 10.0. The number of benzene rings is 1. The van der Waals surface area contributed by atoms with E-state index in [1.807, 2.05) is 0 Å². The molecule has 128 valence electrons. The summed E-state index contributed by atoms with van der Waals surface area (Å²) < 4.78 is 42.7.